The third-order valence-corrected chi connectivity index (χ3v) is 4.46. The van der Waals surface area contributed by atoms with Crippen molar-refractivity contribution in [3.63, 3.8) is 0 Å². The lowest BCUT2D eigenvalue weighted by molar-refractivity contribution is 0.579. The minimum absolute atomic E-state index is 0.0479. The highest BCUT2D eigenvalue weighted by atomic mass is 35.5. The first-order valence-electron chi connectivity index (χ1n) is 6.99. The lowest BCUT2D eigenvalue weighted by Gasteiger charge is -2.14. The average molecular weight is 369 g/mol. The smallest absolute Gasteiger partial charge is 0.150 e. The van der Waals surface area contributed by atoms with Crippen LogP contribution in [0.5, 0.6) is 0 Å². The van der Waals surface area contributed by atoms with Gasteiger partial charge >= 0.3 is 0 Å². The molecule has 3 rings (SSSR count). The predicted molar refractivity (Wildman–Crippen MR) is 93.2 cm³/mol. The number of benzene rings is 2. The summed E-state index contributed by atoms with van der Waals surface area (Å²) in [6.45, 7) is 1.69. The van der Waals surface area contributed by atoms with E-state index in [-0.39, 0.29) is 21.3 Å². The van der Waals surface area contributed by atoms with Crippen LogP contribution in [0.25, 0.3) is 0 Å². The number of hydrogen-bond donors (Lipinski definition) is 2. The van der Waals surface area contributed by atoms with Crippen LogP contribution in [-0.2, 0) is 0 Å². The lowest BCUT2D eigenvalue weighted by Crippen LogP contribution is -2.24. The molecule has 8 heteroatoms. The Morgan fingerprint density at radius 3 is 2.42 bits per heavy atom. The van der Waals surface area contributed by atoms with Gasteiger partial charge in [-0.2, -0.15) is 5.10 Å². The topological polar surface area (TPSA) is 62.8 Å². The third-order valence-electron chi connectivity index (χ3n) is 3.65. The van der Waals surface area contributed by atoms with Gasteiger partial charge in [-0.05, 0) is 31.2 Å². The Morgan fingerprint density at radius 2 is 1.79 bits per heavy atom. The van der Waals surface area contributed by atoms with Crippen LogP contribution in [0.15, 0.2) is 40.4 Å². The van der Waals surface area contributed by atoms with Gasteiger partial charge in [0.05, 0.1) is 27.0 Å². The number of benzodiazepines with no additional fused rings is 1. The fraction of sp³-hybridized carbons (Fsp3) is 0.125. The van der Waals surface area contributed by atoms with E-state index in [1.54, 1.807) is 19.1 Å². The Balaban J connectivity index is 2.38. The normalized spacial score (nSPS) is 18.6. The molecule has 24 heavy (non-hydrogen) atoms. The van der Waals surface area contributed by atoms with Gasteiger partial charge in [-0.1, -0.05) is 29.3 Å². The van der Waals surface area contributed by atoms with Crippen molar-refractivity contribution in [2.45, 2.75) is 13.0 Å². The third kappa shape index (κ3) is 2.72. The molecule has 1 aliphatic rings. The molecule has 0 radical (unpaired) electrons. The molecule has 1 aliphatic heterocycles. The average Bonchev–Trinajstić information content (AvgIpc) is 2.68. The van der Waals surface area contributed by atoms with E-state index in [9.17, 15) is 8.78 Å². The maximum absolute atomic E-state index is 14.3. The van der Waals surface area contributed by atoms with Gasteiger partial charge in [0.25, 0.3) is 0 Å². The highest BCUT2D eigenvalue weighted by Gasteiger charge is 2.28. The standard InChI is InChI=1S/C16H12Cl2F2N4/c1-7-16(24-21)23-11-6-5-8(17)14(18)13(11)15(22-7)12-9(19)3-2-4-10(12)20/h2-7H,21H2,1H3,(H,23,24)/t7-/m0/s1. The molecule has 0 aliphatic carbocycles. The second-order valence-electron chi connectivity index (χ2n) is 5.17. The molecular weight excluding hydrogens is 357 g/mol. The summed E-state index contributed by atoms with van der Waals surface area (Å²) >= 11 is 12.4. The van der Waals surface area contributed by atoms with Crippen molar-refractivity contribution in [3.05, 3.63) is 63.1 Å². The molecule has 4 nitrogen and oxygen atoms in total. The fourth-order valence-corrected chi connectivity index (χ4v) is 2.91. The molecule has 0 unspecified atom stereocenters. The molecule has 0 spiro atoms. The van der Waals surface area contributed by atoms with Gasteiger partial charge in [0, 0.05) is 5.56 Å². The summed E-state index contributed by atoms with van der Waals surface area (Å²) in [6, 6.07) is 6.21. The lowest BCUT2D eigenvalue weighted by atomic mass is 9.99. The number of rotatable bonds is 1. The van der Waals surface area contributed by atoms with Crippen molar-refractivity contribution < 1.29 is 8.78 Å². The SMILES string of the molecule is C[C@@H]1N=C(c2c(F)cccc2F)c2c(ccc(Cl)c2Cl)NC1=NN. The van der Waals surface area contributed by atoms with Crippen LogP contribution in [0.4, 0.5) is 14.5 Å². The van der Waals surface area contributed by atoms with Crippen LogP contribution in [0.1, 0.15) is 18.1 Å². The van der Waals surface area contributed by atoms with E-state index < -0.39 is 17.7 Å². The first-order valence-corrected chi connectivity index (χ1v) is 7.75. The number of nitrogens with one attached hydrogen (secondary N) is 1. The van der Waals surface area contributed by atoms with Gasteiger partial charge in [-0.15, -0.1) is 0 Å². The highest BCUT2D eigenvalue weighted by molar-refractivity contribution is 6.45. The molecule has 1 atom stereocenters. The number of hydrazone groups is 1. The maximum Gasteiger partial charge on any atom is 0.150 e. The zero-order chi connectivity index (χ0) is 17.4. The predicted octanol–water partition coefficient (Wildman–Crippen LogP) is 4.20. The van der Waals surface area contributed by atoms with Crippen molar-refractivity contribution in [1.29, 1.82) is 0 Å². The molecule has 3 N–H and O–H groups in total. The minimum Gasteiger partial charge on any atom is -0.340 e. The Kier molecular flexibility index (Phi) is 4.43. The monoisotopic (exact) mass is 368 g/mol. The summed E-state index contributed by atoms with van der Waals surface area (Å²) in [6.07, 6.45) is 0. The van der Waals surface area contributed by atoms with E-state index in [0.29, 0.717) is 17.1 Å². The van der Waals surface area contributed by atoms with E-state index in [4.69, 9.17) is 29.0 Å². The van der Waals surface area contributed by atoms with Crippen LogP contribution in [0.2, 0.25) is 10.0 Å². The van der Waals surface area contributed by atoms with Gasteiger partial charge in [0.1, 0.15) is 17.7 Å². The number of halogens is 4. The maximum atomic E-state index is 14.3. The molecule has 0 bridgehead atoms. The molecule has 2 aromatic carbocycles. The van der Waals surface area contributed by atoms with Crippen molar-refractivity contribution >= 4 is 40.4 Å². The van der Waals surface area contributed by atoms with Crippen LogP contribution < -0.4 is 11.2 Å². The number of aliphatic imine (C=N–C) groups is 1. The number of amidine groups is 1. The fourth-order valence-electron chi connectivity index (χ4n) is 2.50. The first kappa shape index (κ1) is 16.7. The molecule has 0 saturated heterocycles. The second kappa shape index (κ2) is 6.37. The Morgan fingerprint density at radius 1 is 1.12 bits per heavy atom. The zero-order valence-corrected chi connectivity index (χ0v) is 14.0. The molecule has 0 saturated carbocycles. The quantitative estimate of drug-likeness (QED) is 0.585. The molecule has 124 valence electrons. The summed E-state index contributed by atoms with van der Waals surface area (Å²) in [7, 11) is 0. The van der Waals surface area contributed by atoms with Crippen LogP contribution in [0.3, 0.4) is 0 Å². The molecule has 0 amide bonds. The minimum atomic E-state index is -0.754. The summed E-state index contributed by atoms with van der Waals surface area (Å²) in [5.74, 6) is 4.21. The van der Waals surface area contributed by atoms with Crippen LogP contribution in [0, 0.1) is 11.6 Å². The van der Waals surface area contributed by atoms with Crippen molar-refractivity contribution in [2.75, 3.05) is 5.32 Å². The van der Waals surface area contributed by atoms with Gasteiger partial charge < -0.3 is 11.2 Å². The zero-order valence-electron chi connectivity index (χ0n) is 12.4. The van der Waals surface area contributed by atoms with Gasteiger partial charge in [0.15, 0.2) is 5.84 Å². The summed E-state index contributed by atoms with van der Waals surface area (Å²) < 4.78 is 28.7. The highest BCUT2D eigenvalue weighted by Crippen LogP contribution is 2.36. The van der Waals surface area contributed by atoms with E-state index in [1.807, 2.05) is 0 Å². The molecular formula is C16H12Cl2F2N4. The van der Waals surface area contributed by atoms with Crippen molar-refractivity contribution in [1.82, 2.24) is 0 Å². The van der Waals surface area contributed by atoms with Crippen molar-refractivity contribution in [3.8, 4) is 0 Å². The molecule has 0 aromatic heterocycles. The number of hydrogen-bond acceptors (Lipinski definition) is 3. The second-order valence-corrected chi connectivity index (χ2v) is 5.96. The Hall–Kier alpha value is -2.18. The number of anilines is 1. The van der Waals surface area contributed by atoms with Gasteiger partial charge in [-0.3, -0.25) is 4.99 Å². The summed E-state index contributed by atoms with van der Waals surface area (Å²) in [5.41, 5.74) is 0.514. The molecule has 0 fully saturated rings. The van der Waals surface area contributed by atoms with E-state index in [1.165, 1.54) is 6.07 Å². The van der Waals surface area contributed by atoms with Crippen LogP contribution >= 0.6 is 23.2 Å². The Labute approximate surface area is 147 Å². The van der Waals surface area contributed by atoms with Gasteiger partial charge in [-0.25, -0.2) is 8.78 Å². The van der Waals surface area contributed by atoms with E-state index in [0.717, 1.165) is 12.1 Å². The van der Waals surface area contributed by atoms with E-state index >= 15 is 0 Å². The number of nitrogens with two attached hydrogens (primary N) is 1. The van der Waals surface area contributed by atoms with E-state index in [2.05, 4.69) is 15.4 Å². The largest absolute Gasteiger partial charge is 0.340 e. The summed E-state index contributed by atoms with van der Waals surface area (Å²) in [4.78, 5) is 4.38. The first-order chi connectivity index (χ1) is 11.4. The number of nitrogens with zero attached hydrogens (tertiary/aromatic N) is 2. The molecule has 2 aromatic rings. The number of fused-ring (bicyclic) bond motifs is 1. The molecule has 1 heterocycles. The summed E-state index contributed by atoms with van der Waals surface area (Å²) in [5, 5.41) is 7.01. The Bertz CT molecular complexity index is 860. The van der Waals surface area contributed by atoms with Crippen molar-refractivity contribution in [2.24, 2.45) is 15.9 Å². The van der Waals surface area contributed by atoms with Crippen LogP contribution in [-0.4, -0.2) is 17.6 Å². The van der Waals surface area contributed by atoms with Gasteiger partial charge in [0.2, 0.25) is 0 Å².